The predicted octanol–water partition coefficient (Wildman–Crippen LogP) is 2.41. The van der Waals surface area contributed by atoms with Crippen LogP contribution in [0, 0.1) is 5.92 Å². The fraction of sp³-hybridized carbons (Fsp3) is 0.667. The molecular formula is C12H20N4S. The second-order valence-electron chi connectivity index (χ2n) is 4.66. The molecule has 1 saturated heterocycles. The second kappa shape index (κ2) is 5.58. The molecule has 0 radical (unpaired) electrons. The van der Waals surface area contributed by atoms with E-state index in [1.807, 2.05) is 12.3 Å². The number of nitrogens with zero attached hydrogens (tertiary/aromatic N) is 3. The highest BCUT2D eigenvalue weighted by Crippen LogP contribution is 2.23. The van der Waals surface area contributed by atoms with Crippen LogP contribution in [0.3, 0.4) is 0 Å². The maximum absolute atomic E-state index is 5.82. The van der Waals surface area contributed by atoms with Crippen LogP contribution in [-0.4, -0.2) is 29.3 Å². The van der Waals surface area contributed by atoms with Gasteiger partial charge in [-0.1, -0.05) is 18.7 Å². The Morgan fingerprint density at radius 1 is 1.35 bits per heavy atom. The normalized spacial score (nSPS) is 21.3. The summed E-state index contributed by atoms with van der Waals surface area (Å²) in [5, 5.41) is 0.761. The lowest BCUT2D eigenvalue weighted by atomic mass is 10.0. The lowest BCUT2D eigenvalue weighted by molar-refractivity contribution is 0.521. The van der Waals surface area contributed by atoms with Gasteiger partial charge in [-0.15, -0.1) is 0 Å². The minimum Gasteiger partial charge on any atom is -0.383 e. The van der Waals surface area contributed by atoms with E-state index in [0.717, 1.165) is 30.0 Å². The molecule has 1 fully saturated rings. The maximum atomic E-state index is 5.82. The van der Waals surface area contributed by atoms with Gasteiger partial charge in [0.2, 0.25) is 0 Å². The molecule has 0 spiro atoms. The standard InChI is InChI=1S/C12H20N4S/c1-9-4-3-6-16(7-5-9)11-8-10(13)14-12(15-11)17-2/h8-9H,3-7H2,1-2H3,(H2,13,14,15). The summed E-state index contributed by atoms with van der Waals surface area (Å²) < 4.78 is 0. The number of anilines is 2. The first kappa shape index (κ1) is 12.5. The van der Waals surface area contributed by atoms with E-state index in [9.17, 15) is 0 Å². The fourth-order valence-corrected chi connectivity index (χ4v) is 2.56. The molecule has 4 nitrogen and oxygen atoms in total. The number of hydrogen-bond acceptors (Lipinski definition) is 5. The van der Waals surface area contributed by atoms with Crippen LogP contribution >= 0.6 is 11.8 Å². The van der Waals surface area contributed by atoms with Gasteiger partial charge < -0.3 is 10.6 Å². The smallest absolute Gasteiger partial charge is 0.191 e. The Morgan fingerprint density at radius 3 is 2.94 bits per heavy atom. The average molecular weight is 252 g/mol. The van der Waals surface area contributed by atoms with Gasteiger partial charge in [0.05, 0.1) is 0 Å². The van der Waals surface area contributed by atoms with Crippen molar-refractivity contribution < 1.29 is 0 Å². The van der Waals surface area contributed by atoms with Gasteiger partial charge in [-0.25, -0.2) is 9.97 Å². The Balaban J connectivity index is 2.17. The van der Waals surface area contributed by atoms with Gasteiger partial charge in [-0.3, -0.25) is 0 Å². The Bertz CT molecular complexity index is 383. The molecule has 94 valence electrons. The Labute approximate surface area is 107 Å². The molecule has 1 aliphatic heterocycles. The van der Waals surface area contributed by atoms with Crippen molar-refractivity contribution in [3.63, 3.8) is 0 Å². The topological polar surface area (TPSA) is 55.0 Å². The minimum absolute atomic E-state index is 0.566. The molecular weight excluding hydrogens is 232 g/mol. The third-order valence-electron chi connectivity index (χ3n) is 3.24. The first-order chi connectivity index (χ1) is 8.19. The first-order valence-corrected chi connectivity index (χ1v) is 7.35. The third-order valence-corrected chi connectivity index (χ3v) is 3.78. The lowest BCUT2D eigenvalue weighted by Crippen LogP contribution is -2.25. The zero-order valence-electron chi connectivity index (χ0n) is 10.5. The highest BCUT2D eigenvalue weighted by Gasteiger charge is 2.16. The van der Waals surface area contributed by atoms with Gasteiger partial charge in [0, 0.05) is 19.2 Å². The summed E-state index contributed by atoms with van der Waals surface area (Å²) in [7, 11) is 0. The van der Waals surface area contributed by atoms with E-state index in [4.69, 9.17) is 5.73 Å². The van der Waals surface area contributed by atoms with Crippen LogP contribution in [0.25, 0.3) is 0 Å². The number of nitrogens with two attached hydrogens (primary N) is 1. The fourth-order valence-electron chi connectivity index (χ4n) is 2.18. The Hall–Kier alpha value is -0.970. The second-order valence-corrected chi connectivity index (χ2v) is 5.43. The SMILES string of the molecule is CSc1nc(N)cc(N2CCCC(C)CC2)n1. The summed E-state index contributed by atoms with van der Waals surface area (Å²) in [4.78, 5) is 11.1. The molecule has 1 aromatic heterocycles. The van der Waals surface area contributed by atoms with Crippen LogP contribution < -0.4 is 10.6 Å². The van der Waals surface area contributed by atoms with Crippen molar-refractivity contribution in [3.8, 4) is 0 Å². The summed E-state index contributed by atoms with van der Waals surface area (Å²) in [5.74, 6) is 2.37. The minimum atomic E-state index is 0.566. The number of hydrogen-bond donors (Lipinski definition) is 1. The van der Waals surface area contributed by atoms with Crippen LogP contribution in [-0.2, 0) is 0 Å². The van der Waals surface area contributed by atoms with Crippen molar-refractivity contribution >= 4 is 23.4 Å². The van der Waals surface area contributed by atoms with Crippen LogP contribution in [0.1, 0.15) is 26.2 Å². The molecule has 0 aliphatic carbocycles. The van der Waals surface area contributed by atoms with Crippen LogP contribution in [0.4, 0.5) is 11.6 Å². The van der Waals surface area contributed by atoms with Crippen LogP contribution in [0.15, 0.2) is 11.2 Å². The molecule has 17 heavy (non-hydrogen) atoms. The molecule has 2 rings (SSSR count). The molecule has 2 N–H and O–H groups in total. The third kappa shape index (κ3) is 3.25. The molecule has 2 heterocycles. The van der Waals surface area contributed by atoms with Crippen molar-refractivity contribution in [2.24, 2.45) is 5.92 Å². The van der Waals surface area contributed by atoms with E-state index in [1.165, 1.54) is 31.0 Å². The van der Waals surface area contributed by atoms with Gasteiger partial charge in [0.1, 0.15) is 11.6 Å². The van der Waals surface area contributed by atoms with E-state index in [-0.39, 0.29) is 0 Å². The Kier molecular flexibility index (Phi) is 4.10. The summed E-state index contributed by atoms with van der Waals surface area (Å²) in [6.45, 7) is 4.48. The molecule has 0 aromatic carbocycles. The highest BCUT2D eigenvalue weighted by atomic mass is 32.2. The zero-order chi connectivity index (χ0) is 12.3. The molecule has 1 unspecified atom stereocenters. The lowest BCUT2D eigenvalue weighted by Gasteiger charge is -2.22. The van der Waals surface area contributed by atoms with Gasteiger partial charge in [0.15, 0.2) is 5.16 Å². The molecule has 0 saturated carbocycles. The molecule has 0 amide bonds. The largest absolute Gasteiger partial charge is 0.383 e. The van der Waals surface area contributed by atoms with Gasteiger partial charge in [0.25, 0.3) is 0 Å². The first-order valence-electron chi connectivity index (χ1n) is 6.12. The number of rotatable bonds is 2. The van der Waals surface area contributed by atoms with Crippen LogP contribution in [0.2, 0.25) is 0 Å². The van der Waals surface area contributed by atoms with Crippen molar-refractivity contribution in [1.82, 2.24) is 9.97 Å². The summed E-state index contributed by atoms with van der Waals surface area (Å²) in [6.07, 6.45) is 5.76. The van der Waals surface area contributed by atoms with E-state index in [0.29, 0.717) is 5.82 Å². The molecule has 5 heteroatoms. The number of aromatic nitrogens is 2. The highest BCUT2D eigenvalue weighted by molar-refractivity contribution is 7.98. The predicted molar refractivity (Wildman–Crippen MR) is 73.5 cm³/mol. The molecule has 0 bridgehead atoms. The molecule has 1 aromatic rings. The average Bonchev–Trinajstić information content (AvgIpc) is 2.53. The van der Waals surface area contributed by atoms with Crippen LogP contribution in [0.5, 0.6) is 0 Å². The zero-order valence-corrected chi connectivity index (χ0v) is 11.3. The van der Waals surface area contributed by atoms with Gasteiger partial charge >= 0.3 is 0 Å². The monoisotopic (exact) mass is 252 g/mol. The van der Waals surface area contributed by atoms with Gasteiger partial charge in [-0.05, 0) is 31.4 Å². The van der Waals surface area contributed by atoms with Crippen molar-refractivity contribution in [2.75, 3.05) is 30.0 Å². The van der Waals surface area contributed by atoms with E-state index >= 15 is 0 Å². The quantitative estimate of drug-likeness (QED) is 0.647. The van der Waals surface area contributed by atoms with E-state index in [1.54, 1.807) is 0 Å². The molecule has 1 atom stereocenters. The summed E-state index contributed by atoms with van der Waals surface area (Å²) in [6, 6.07) is 1.88. The molecule has 1 aliphatic rings. The van der Waals surface area contributed by atoms with Gasteiger partial charge in [-0.2, -0.15) is 0 Å². The van der Waals surface area contributed by atoms with E-state index < -0.39 is 0 Å². The van der Waals surface area contributed by atoms with Crippen molar-refractivity contribution in [2.45, 2.75) is 31.3 Å². The maximum Gasteiger partial charge on any atom is 0.191 e. The number of thioether (sulfide) groups is 1. The van der Waals surface area contributed by atoms with Crippen molar-refractivity contribution in [1.29, 1.82) is 0 Å². The summed E-state index contributed by atoms with van der Waals surface area (Å²) in [5.41, 5.74) is 5.82. The van der Waals surface area contributed by atoms with E-state index in [2.05, 4.69) is 21.8 Å². The summed E-state index contributed by atoms with van der Waals surface area (Å²) >= 11 is 1.54. The number of nitrogen functional groups attached to an aromatic ring is 1. The van der Waals surface area contributed by atoms with Crippen molar-refractivity contribution in [3.05, 3.63) is 6.07 Å². The Morgan fingerprint density at radius 2 is 2.18 bits per heavy atom.